The molecular weight excluding hydrogens is 315 g/mol. The van der Waals surface area contributed by atoms with Crippen molar-refractivity contribution in [3.8, 4) is 0 Å². The Balaban J connectivity index is 1.59. The molecule has 1 aliphatic carbocycles. The fourth-order valence-electron chi connectivity index (χ4n) is 3.47. The number of amides is 1. The third kappa shape index (κ3) is 4.45. The largest absolute Gasteiger partial charge is 0.325 e. The highest BCUT2D eigenvalue weighted by atomic mass is 19.1. The molecule has 1 atom stereocenters. The van der Waals surface area contributed by atoms with Crippen molar-refractivity contribution < 1.29 is 9.18 Å². The van der Waals surface area contributed by atoms with Gasteiger partial charge in [0.2, 0.25) is 5.91 Å². The van der Waals surface area contributed by atoms with Crippen LogP contribution in [-0.2, 0) is 17.6 Å². The number of hydrogen-bond donors (Lipinski definition) is 2. The Morgan fingerprint density at radius 2 is 1.80 bits per heavy atom. The second kappa shape index (κ2) is 7.79. The van der Waals surface area contributed by atoms with E-state index in [4.69, 9.17) is 0 Å². The molecule has 1 amide bonds. The molecule has 0 radical (unpaired) electrons. The lowest BCUT2D eigenvalue weighted by Gasteiger charge is -2.23. The molecule has 132 valence electrons. The number of fused-ring (bicyclic) bond motifs is 1. The molecule has 0 saturated carbocycles. The van der Waals surface area contributed by atoms with Crippen molar-refractivity contribution in [2.45, 2.75) is 39.2 Å². The third-order valence-corrected chi connectivity index (χ3v) is 4.76. The third-order valence-electron chi connectivity index (χ3n) is 4.76. The number of rotatable bonds is 6. The molecule has 2 N–H and O–H groups in total. The van der Waals surface area contributed by atoms with Crippen LogP contribution in [0.3, 0.4) is 0 Å². The van der Waals surface area contributed by atoms with Gasteiger partial charge >= 0.3 is 0 Å². The number of carbonyl (C=O) groups excluding carboxylic acids is 1. The first-order chi connectivity index (χ1) is 12.0. The Kier molecular flexibility index (Phi) is 5.49. The van der Waals surface area contributed by atoms with E-state index in [-0.39, 0.29) is 24.3 Å². The van der Waals surface area contributed by atoms with E-state index in [1.165, 1.54) is 29.7 Å². The van der Waals surface area contributed by atoms with Crippen LogP contribution in [0.15, 0.2) is 42.5 Å². The van der Waals surface area contributed by atoms with E-state index in [2.05, 4.69) is 36.6 Å². The van der Waals surface area contributed by atoms with Crippen molar-refractivity contribution in [3.63, 3.8) is 0 Å². The van der Waals surface area contributed by atoms with Crippen LogP contribution in [-0.4, -0.2) is 12.5 Å². The van der Waals surface area contributed by atoms with Gasteiger partial charge < -0.3 is 10.6 Å². The Morgan fingerprint density at radius 1 is 1.08 bits per heavy atom. The lowest BCUT2D eigenvalue weighted by molar-refractivity contribution is -0.115. The zero-order valence-electron chi connectivity index (χ0n) is 14.8. The first kappa shape index (κ1) is 17.6. The molecular formula is C21H25FN2O. The lowest BCUT2D eigenvalue weighted by atomic mass is 9.96. The minimum atomic E-state index is -0.249. The topological polar surface area (TPSA) is 41.1 Å². The average Bonchev–Trinajstić information content (AvgIpc) is 3.04. The van der Waals surface area contributed by atoms with Crippen LogP contribution in [0.4, 0.5) is 10.1 Å². The van der Waals surface area contributed by atoms with Crippen LogP contribution in [0.2, 0.25) is 0 Å². The van der Waals surface area contributed by atoms with Gasteiger partial charge in [0, 0.05) is 11.7 Å². The molecule has 3 nitrogen and oxygen atoms in total. The van der Waals surface area contributed by atoms with Crippen molar-refractivity contribution in [3.05, 3.63) is 65.0 Å². The minimum Gasteiger partial charge on any atom is -0.325 e. The molecule has 0 spiro atoms. The maximum atomic E-state index is 13.1. The number of nitrogens with one attached hydrogen (secondary N) is 2. The van der Waals surface area contributed by atoms with Gasteiger partial charge in [-0.2, -0.15) is 0 Å². The standard InChI is InChI=1S/C21H25FN2O/c1-14(2)21(16-6-9-18(22)10-7-16)23-13-20(25)24-19-11-8-15-4-3-5-17(15)12-19/h6-12,14,21,23H,3-5,13H2,1-2H3,(H,24,25)/t21-/m1/s1. The van der Waals surface area contributed by atoms with Crippen molar-refractivity contribution in [1.29, 1.82) is 0 Å². The molecule has 2 aromatic carbocycles. The molecule has 2 aromatic rings. The maximum Gasteiger partial charge on any atom is 0.238 e. The smallest absolute Gasteiger partial charge is 0.238 e. The van der Waals surface area contributed by atoms with E-state index in [1.54, 1.807) is 12.1 Å². The SMILES string of the molecule is CC(C)[C@@H](NCC(=O)Nc1ccc2c(c1)CCC2)c1ccc(F)cc1. The summed E-state index contributed by atoms with van der Waals surface area (Å²) in [6.45, 7) is 4.39. The van der Waals surface area contributed by atoms with E-state index in [0.717, 1.165) is 24.1 Å². The van der Waals surface area contributed by atoms with E-state index < -0.39 is 0 Å². The molecule has 0 aliphatic heterocycles. The molecule has 0 bridgehead atoms. The van der Waals surface area contributed by atoms with Gasteiger partial charge in [0.25, 0.3) is 0 Å². The predicted octanol–water partition coefficient (Wildman–Crippen LogP) is 4.24. The van der Waals surface area contributed by atoms with E-state index in [9.17, 15) is 9.18 Å². The van der Waals surface area contributed by atoms with Crippen LogP contribution in [0, 0.1) is 11.7 Å². The van der Waals surface area contributed by atoms with Gasteiger partial charge in [-0.1, -0.05) is 32.0 Å². The normalized spacial score (nSPS) is 14.4. The lowest BCUT2D eigenvalue weighted by Crippen LogP contribution is -2.33. The number of halogens is 1. The molecule has 0 saturated heterocycles. The van der Waals surface area contributed by atoms with Gasteiger partial charge in [0.1, 0.15) is 5.82 Å². The van der Waals surface area contributed by atoms with Crippen LogP contribution in [0.25, 0.3) is 0 Å². The number of benzene rings is 2. The highest BCUT2D eigenvalue weighted by Crippen LogP contribution is 2.25. The second-order valence-electron chi connectivity index (χ2n) is 7.04. The summed E-state index contributed by atoms with van der Waals surface area (Å²) in [6, 6.07) is 12.6. The zero-order chi connectivity index (χ0) is 17.8. The first-order valence-electron chi connectivity index (χ1n) is 8.93. The number of anilines is 1. The van der Waals surface area contributed by atoms with E-state index in [1.807, 2.05) is 6.07 Å². The Labute approximate surface area is 148 Å². The van der Waals surface area contributed by atoms with Crippen LogP contribution in [0.5, 0.6) is 0 Å². The van der Waals surface area contributed by atoms with Crippen molar-refractivity contribution in [2.24, 2.45) is 5.92 Å². The van der Waals surface area contributed by atoms with E-state index in [0.29, 0.717) is 5.92 Å². The Hall–Kier alpha value is -2.20. The summed E-state index contributed by atoms with van der Waals surface area (Å²) in [4.78, 5) is 12.3. The quantitative estimate of drug-likeness (QED) is 0.826. The summed E-state index contributed by atoms with van der Waals surface area (Å²) in [6.07, 6.45) is 3.43. The van der Waals surface area contributed by atoms with Crippen molar-refractivity contribution in [1.82, 2.24) is 5.32 Å². The maximum absolute atomic E-state index is 13.1. The predicted molar refractivity (Wildman–Crippen MR) is 99.1 cm³/mol. The van der Waals surface area contributed by atoms with Crippen molar-refractivity contribution >= 4 is 11.6 Å². The second-order valence-corrected chi connectivity index (χ2v) is 7.04. The van der Waals surface area contributed by atoms with Crippen LogP contribution < -0.4 is 10.6 Å². The van der Waals surface area contributed by atoms with Gasteiger partial charge in [-0.25, -0.2) is 4.39 Å². The first-order valence-corrected chi connectivity index (χ1v) is 8.93. The Morgan fingerprint density at radius 3 is 2.52 bits per heavy atom. The molecule has 0 unspecified atom stereocenters. The highest BCUT2D eigenvalue weighted by Gasteiger charge is 2.17. The molecule has 25 heavy (non-hydrogen) atoms. The van der Waals surface area contributed by atoms with E-state index >= 15 is 0 Å². The number of carbonyl (C=O) groups is 1. The van der Waals surface area contributed by atoms with Gasteiger partial charge in [0.15, 0.2) is 0 Å². The van der Waals surface area contributed by atoms with Gasteiger partial charge in [-0.05, 0) is 66.1 Å². The summed E-state index contributed by atoms with van der Waals surface area (Å²) < 4.78 is 13.1. The Bertz CT molecular complexity index is 740. The molecule has 0 fully saturated rings. The molecule has 0 heterocycles. The average molecular weight is 340 g/mol. The summed E-state index contributed by atoms with van der Waals surface area (Å²) >= 11 is 0. The fourth-order valence-corrected chi connectivity index (χ4v) is 3.47. The summed E-state index contributed by atoms with van der Waals surface area (Å²) in [5.74, 6) is -0.0235. The molecule has 0 aromatic heterocycles. The molecule has 3 rings (SSSR count). The van der Waals surface area contributed by atoms with Gasteiger partial charge in [-0.3, -0.25) is 4.79 Å². The zero-order valence-corrected chi connectivity index (χ0v) is 14.8. The number of aryl methyl sites for hydroxylation is 2. The van der Waals surface area contributed by atoms with Crippen LogP contribution >= 0.6 is 0 Å². The summed E-state index contributed by atoms with van der Waals surface area (Å²) in [7, 11) is 0. The number of hydrogen-bond acceptors (Lipinski definition) is 2. The minimum absolute atomic E-state index is 0.00590. The monoisotopic (exact) mass is 340 g/mol. The van der Waals surface area contributed by atoms with Crippen LogP contribution in [0.1, 0.15) is 43.0 Å². The van der Waals surface area contributed by atoms with Gasteiger partial charge in [-0.15, -0.1) is 0 Å². The fraction of sp³-hybridized carbons (Fsp3) is 0.381. The molecule has 4 heteroatoms. The molecule has 1 aliphatic rings. The van der Waals surface area contributed by atoms with Crippen molar-refractivity contribution in [2.75, 3.05) is 11.9 Å². The van der Waals surface area contributed by atoms with Gasteiger partial charge in [0.05, 0.1) is 6.54 Å². The summed E-state index contributed by atoms with van der Waals surface area (Å²) in [5.41, 5.74) is 4.58. The summed E-state index contributed by atoms with van der Waals surface area (Å²) in [5, 5.41) is 6.26. The highest BCUT2D eigenvalue weighted by molar-refractivity contribution is 5.92.